The molecule has 0 saturated heterocycles. The van der Waals surface area contributed by atoms with Gasteiger partial charge in [-0.05, 0) is 44.0 Å². The number of nitrogens with zero attached hydrogens (tertiary/aromatic N) is 2. The molecule has 0 bridgehead atoms. The number of nitrogens with one attached hydrogen (secondary N) is 1. The number of halogens is 1. The summed E-state index contributed by atoms with van der Waals surface area (Å²) in [5, 5.41) is 9.46. The Morgan fingerprint density at radius 3 is 2.76 bits per heavy atom. The molecule has 2 aromatic heterocycles. The van der Waals surface area contributed by atoms with Crippen LogP contribution in [0.3, 0.4) is 0 Å². The van der Waals surface area contributed by atoms with E-state index in [1.807, 2.05) is 48.9 Å². The van der Waals surface area contributed by atoms with Crippen LogP contribution in [0.4, 0.5) is 0 Å². The number of aryl methyl sites for hydroxylation is 1. The van der Waals surface area contributed by atoms with E-state index in [1.165, 1.54) is 11.3 Å². The normalized spacial score (nSPS) is 12.5. The zero-order chi connectivity index (χ0) is 18.0. The van der Waals surface area contributed by atoms with Gasteiger partial charge in [-0.1, -0.05) is 37.1 Å². The Kier molecular flexibility index (Phi) is 5.45. The number of fused-ring (bicyclic) bond motifs is 1. The predicted molar refractivity (Wildman–Crippen MR) is 105 cm³/mol. The van der Waals surface area contributed by atoms with Gasteiger partial charge in [-0.3, -0.25) is 9.48 Å². The third-order valence-corrected chi connectivity index (χ3v) is 5.58. The van der Waals surface area contributed by atoms with E-state index in [0.29, 0.717) is 6.54 Å². The smallest absolute Gasteiger partial charge is 0.261 e. The molecule has 0 spiro atoms. The van der Waals surface area contributed by atoms with Gasteiger partial charge in [0.2, 0.25) is 0 Å². The summed E-state index contributed by atoms with van der Waals surface area (Å²) < 4.78 is 1.96. The van der Waals surface area contributed by atoms with Gasteiger partial charge in [0.25, 0.3) is 5.91 Å². The van der Waals surface area contributed by atoms with Crippen molar-refractivity contribution in [1.29, 1.82) is 0 Å². The second kappa shape index (κ2) is 7.58. The molecule has 1 N–H and O–H groups in total. The Hall–Kier alpha value is -1.85. The van der Waals surface area contributed by atoms with E-state index < -0.39 is 0 Å². The van der Waals surface area contributed by atoms with Crippen LogP contribution < -0.4 is 5.32 Å². The average Bonchev–Trinajstić information content (AvgIpc) is 3.12. The number of amides is 1. The molecule has 0 aliphatic heterocycles. The molecule has 0 aliphatic rings. The van der Waals surface area contributed by atoms with Crippen LogP contribution >= 0.6 is 22.9 Å². The van der Waals surface area contributed by atoms with Crippen molar-refractivity contribution in [3.05, 3.63) is 51.5 Å². The van der Waals surface area contributed by atoms with Gasteiger partial charge in [0.1, 0.15) is 4.83 Å². The molecule has 0 radical (unpaired) electrons. The van der Waals surface area contributed by atoms with Gasteiger partial charge in [0.05, 0.1) is 17.1 Å². The number of carbonyl (C=O) groups excluding carboxylic acids is 1. The molecule has 2 heterocycles. The molecule has 132 valence electrons. The summed E-state index contributed by atoms with van der Waals surface area (Å²) in [7, 11) is 0. The van der Waals surface area contributed by atoms with Crippen LogP contribution in [0.25, 0.3) is 10.2 Å². The van der Waals surface area contributed by atoms with Gasteiger partial charge in [-0.15, -0.1) is 11.3 Å². The van der Waals surface area contributed by atoms with Gasteiger partial charge in [0, 0.05) is 16.5 Å². The molecule has 3 aromatic rings. The molecule has 0 saturated carbocycles. The summed E-state index contributed by atoms with van der Waals surface area (Å²) in [5.74, 6) is -0.000377. The Bertz CT molecular complexity index is 882. The number of thiophene rings is 1. The maximum Gasteiger partial charge on any atom is 0.261 e. The SMILES string of the molecule is CCC[C@H](C)NC(=O)c1cc2c(C)nn(Cc3ccc(Cl)cc3)c2s1. The number of hydrogen-bond acceptors (Lipinski definition) is 3. The van der Waals surface area contributed by atoms with E-state index in [9.17, 15) is 4.79 Å². The standard InChI is InChI=1S/C19H22ClN3OS/c1-4-5-12(2)21-18(24)17-10-16-13(3)22-23(19(16)25-17)11-14-6-8-15(20)9-7-14/h6-10,12H,4-5,11H2,1-3H3,(H,21,24)/t12-/m0/s1. The Balaban J connectivity index is 1.85. The fourth-order valence-electron chi connectivity index (χ4n) is 2.89. The lowest BCUT2D eigenvalue weighted by Gasteiger charge is -2.11. The first-order chi connectivity index (χ1) is 12.0. The number of carbonyl (C=O) groups is 1. The summed E-state index contributed by atoms with van der Waals surface area (Å²) in [6, 6.07) is 9.90. The van der Waals surface area contributed by atoms with Gasteiger partial charge in [-0.25, -0.2) is 0 Å². The summed E-state index contributed by atoms with van der Waals surface area (Å²) in [6.45, 7) is 6.81. The van der Waals surface area contributed by atoms with Gasteiger partial charge < -0.3 is 5.32 Å². The van der Waals surface area contributed by atoms with Crippen molar-refractivity contribution in [3.8, 4) is 0 Å². The summed E-state index contributed by atoms with van der Waals surface area (Å²) in [6.07, 6.45) is 2.04. The highest BCUT2D eigenvalue weighted by Gasteiger charge is 2.17. The fourth-order valence-corrected chi connectivity index (χ4v) is 4.08. The fraction of sp³-hybridized carbons (Fsp3) is 0.368. The number of aromatic nitrogens is 2. The molecule has 0 unspecified atom stereocenters. The molecule has 1 aromatic carbocycles. The monoisotopic (exact) mass is 375 g/mol. The first kappa shape index (κ1) is 18.0. The van der Waals surface area contributed by atoms with Crippen LogP contribution in [-0.2, 0) is 6.54 Å². The first-order valence-electron chi connectivity index (χ1n) is 8.50. The third kappa shape index (κ3) is 4.05. The molecule has 0 aliphatic carbocycles. The number of benzene rings is 1. The van der Waals surface area contributed by atoms with Crippen LogP contribution in [0.5, 0.6) is 0 Å². The lowest BCUT2D eigenvalue weighted by Crippen LogP contribution is -2.31. The van der Waals surface area contributed by atoms with E-state index in [4.69, 9.17) is 11.6 Å². The van der Waals surface area contributed by atoms with Crippen molar-refractivity contribution in [3.63, 3.8) is 0 Å². The van der Waals surface area contributed by atoms with Gasteiger partial charge in [0.15, 0.2) is 0 Å². The van der Waals surface area contributed by atoms with E-state index in [0.717, 1.165) is 44.2 Å². The van der Waals surface area contributed by atoms with Crippen molar-refractivity contribution < 1.29 is 4.79 Å². The summed E-state index contributed by atoms with van der Waals surface area (Å²) in [4.78, 5) is 14.2. The predicted octanol–water partition coefficient (Wildman–Crippen LogP) is 5.03. The summed E-state index contributed by atoms with van der Waals surface area (Å²) >= 11 is 7.45. The van der Waals surface area contributed by atoms with Crippen LogP contribution in [-0.4, -0.2) is 21.7 Å². The number of hydrogen-bond donors (Lipinski definition) is 1. The second-order valence-corrected chi connectivity index (χ2v) is 7.83. The lowest BCUT2D eigenvalue weighted by molar-refractivity contribution is 0.0942. The highest BCUT2D eigenvalue weighted by molar-refractivity contribution is 7.20. The molecule has 3 rings (SSSR count). The Morgan fingerprint density at radius 1 is 1.36 bits per heavy atom. The molecule has 25 heavy (non-hydrogen) atoms. The van der Waals surface area contributed by atoms with Crippen molar-refractivity contribution in [2.45, 2.75) is 46.2 Å². The topological polar surface area (TPSA) is 46.9 Å². The van der Waals surface area contributed by atoms with Crippen LogP contribution in [0.1, 0.15) is 47.6 Å². The second-order valence-electron chi connectivity index (χ2n) is 6.36. The highest BCUT2D eigenvalue weighted by atomic mass is 35.5. The highest BCUT2D eigenvalue weighted by Crippen LogP contribution is 2.29. The van der Waals surface area contributed by atoms with Crippen LogP contribution in [0, 0.1) is 6.92 Å². The van der Waals surface area contributed by atoms with Crippen molar-refractivity contribution in [1.82, 2.24) is 15.1 Å². The van der Waals surface area contributed by atoms with E-state index in [2.05, 4.69) is 17.3 Å². The zero-order valence-corrected chi connectivity index (χ0v) is 16.2. The Morgan fingerprint density at radius 2 is 2.08 bits per heavy atom. The van der Waals surface area contributed by atoms with Gasteiger partial charge >= 0.3 is 0 Å². The minimum Gasteiger partial charge on any atom is -0.349 e. The molecular weight excluding hydrogens is 354 g/mol. The molecule has 4 nitrogen and oxygen atoms in total. The largest absolute Gasteiger partial charge is 0.349 e. The molecule has 0 fully saturated rings. The lowest BCUT2D eigenvalue weighted by atomic mass is 10.2. The van der Waals surface area contributed by atoms with E-state index >= 15 is 0 Å². The molecule has 6 heteroatoms. The van der Waals surface area contributed by atoms with Crippen LogP contribution in [0.15, 0.2) is 30.3 Å². The minimum absolute atomic E-state index is 0.000377. The number of rotatable bonds is 6. The third-order valence-electron chi connectivity index (χ3n) is 4.18. The molecular formula is C19H22ClN3OS. The average molecular weight is 376 g/mol. The maximum absolute atomic E-state index is 12.5. The van der Waals surface area contributed by atoms with Crippen molar-refractivity contribution in [2.75, 3.05) is 0 Å². The summed E-state index contributed by atoms with van der Waals surface area (Å²) in [5.41, 5.74) is 2.07. The van der Waals surface area contributed by atoms with E-state index in [-0.39, 0.29) is 11.9 Å². The molecule has 1 atom stereocenters. The van der Waals surface area contributed by atoms with Crippen molar-refractivity contribution in [2.24, 2.45) is 0 Å². The van der Waals surface area contributed by atoms with Crippen LogP contribution in [0.2, 0.25) is 5.02 Å². The van der Waals surface area contributed by atoms with Crippen molar-refractivity contribution >= 4 is 39.1 Å². The first-order valence-corrected chi connectivity index (χ1v) is 9.69. The van der Waals surface area contributed by atoms with E-state index in [1.54, 1.807) is 0 Å². The molecule has 1 amide bonds. The quantitative estimate of drug-likeness (QED) is 0.657. The maximum atomic E-state index is 12.5. The Labute approximate surface area is 156 Å². The van der Waals surface area contributed by atoms with Gasteiger partial charge in [-0.2, -0.15) is 5.10 Å². The zero-order valence-electron chi connectivity index (χ0n) is 14.7. The minimum atomic E-state index is -0.000377.